The minimum absolute atomic E-state index is 0.183. The van der Waals surface area contributed by atoms with E-state index < -0.39 is 0 Å². The Bertz CT molecular complexity index is 1060. The Morgan fingerprint density at radius 2 is 1.86 bits per heavy atom. The molecule has 0 N–H and O–H groups in total. The number of hydrogen-bond acceptors (Lipinski definition) is 4. The molecule has 0 unspecified atom stereocenters. The first-order valence-corrected chi connectivity index (χ1v) is 11.9. The van der Waals surface area contributed by atoms with Crippen LogP contribution in [0.4, 0.5) is 5.69 Å². The van der Waals surface area contributed by atoms with E-state index in [1.807, 2.05) is 16.7 Å². The van der Waals surface area contributed by atoms with E-state index in [4.69, 9.17) is 0 Å². The lowest BCUT2D eigenvalue weighted by atomic mass is 10.1. The fourth-order valence-corrected chi connectivity index (χ4v) is 6.61. The van der Waals surface area contributed by atoms with Gasteiger partial charge in [-0.1, -0.05) is 35.9 Å². The van der Waals surface area contributed by atoms with Crippen LogP contribution in [0.2, 0.25) is 0 Å². The Balaban J connectivity index is 1.34. The summed E-state index contributed by atoms with van der Waals surface area (Å²) in [6, 6.07) is 19.6. The van der Waals surface area contributed by atoms with E-state index in [1.165, 1.54) is 32.2 Å². The summed E-state index contributed by atoms with van der Waals surface area (Å²) in [5.41, 5.74) is 5.10. The van der Waals surface area contributed by atoms with Gasteiger partial charge < -0.3 is 9.80 Å². The Labute approximate surface area is 180 Å². The summed E-state index contributed by atoms with van der Waals surface area (Å²) in [5, 5.41) is 0. The lowest BCUT2D eigenvalue weighted by molar-refractivity contribution is 0.0731. The van der Waals surface area contributed by atoms with Gasteiger partial charge in [-0.05, 0) is 43.7 Å². The number of rotatable bonds is 2. The van der Waals surface area contributed by atoms with Crippen molar-refractivity contribution in [2.45, 2.75) is 30.5 Å². The zero-order valence-electron chi connectivity index (χ0n) is 16.7. The fraction of sp³-hybridized carbons (Fsp3) is 0.292. The molecule has 5 rings (SSSR count). The van der Waals surface area contributed by atoms with Crippen molar-refractivity contribution >= 4 is 34.7 Å². The van der Waals surface area contributed by atoms with Crippen molar-refractivity contribution in [3.05, 3.63) is 70.6 Å². The molecule has 3 nitrogen and oxygen atoms in total. The number of carbonyl (C=O) groups excluding carboxylic acids is 1. The Kier molecular flexibility index (Phi) is 4.88. The standard InChI is InChI=1S/C24H24N2OS2/c1-16-7-9-19(10-8-16)26-12-11-25(14-17(26)2)24(27)22-13-18-15-28-21-6-4-3-5-20(21)23(18)29-22/h3-10,13,17H,11-12,14-15H2,1-2H3/t17-/m0/s1. The van der Waals surface area contributed by atoms with Crippen LogP contribution in [0.25, 0.3) is 10.4 Å². The lowest BCUT2D eigenvalue weighted by Gasteiger charge is -2.41. The van der Waals surface area contributed by atoms with Crippen LogP contribution in [0, 0.1) is 6.92 Å². The van der Waals surface area contributed by atoms with Gasteiger partial charge >= 0.3 is 0 Å². The van der Waals surface area contributed by atoms with Crippen LogP contribution in [-0.4, -0.2) is 36.5 Å². The van der Waals surface area contributed by atoms with E-state index in [2.05, 4.69) is 73.3 Å². The van der Waals surface area contributed by atoms with Gasteiger partial charge in [0.2, 0.25) is 0 Å². The number of aryl methyl sites for hydroxylation is 1. The molecule has 2 aliphatic heterocycles. The molecule has 0 aliphatic carbocycles. The Morgan fingerprint density at radius 3 is 2.66 bits per heavy atom. The topological polar surface area (TPSA) is 23.6 Å². The highest BCUT2D eigenvalue weighted by molar-refractivity contribution is 7.98. The monoisotopic (exact) mass is 420 g/mol. The van der Waals surface area contributed by atoms with Crippen LogP contribution >= 0.6 is 23.1 Å². The van der Waals surface area contributed by atoms with Gasteiger partial charge in [-0.2, -0.15) is 0 Å². The first-order chi connectivity index (χ1) is 14.1. The third-order valence-electron chi connectivity index (χ3n) is 5.81. The maximum Gasteiger partial charge on any atom is 0.264 e. The summed E-state index contributed by atoms with van der Waals surface area (Å²) in [7, 11) is 0. The van der Waals surface area contributed by atoms with Gasteiger partial charge in [0.25, 0.3) is 5.91 Å². The summed E-state index contributed by atoms with van der Waals surface area (Å²) >= 11 is 3.53. The van der Waals surface area contributed by atoms with Gasteiger partial charge in [0.1, 0.15) is 0 Å². The van der Waals surface area contributed by atoms with Gasteiger partial charge in [0.05, 0.1) is 4.88 Å². The molecule has 1 atom stereocenters. The largest absolute Gasteiger partial charge is 0.365 e. The number of thioether (sulfide) groups is 1. The van der Waals surface area contributed by atoms with E-state index in [1.54, 1.807) is 11.3 Å². The Hall–Kier alpha value is -2.24. The molecular formula is C24H24N2OS2. The highest BCUT2D eigenvalue weighted by Crippen LogP contribution is 2.45. The summed E-state index contributed by atoms with van der Waals surface area (Å²) in [6.45, 7) is 6.73. The van der Waals surface area contributed by atoms with Crippen molar-refractivity contribution < 1.29 is 4.79 Å². The Morgan fingerprint density at radius 1 is 1.07 bits per heavy atom. The third-order valence-corrected chi connectivity index (χ3v) is 8.14. The second kappa shape index (κ2) is 7.54. The molecule has 148 valence electrons. The molecule has 1 saturated heterocycles. The number of piperazine rings is 1. The maximum absolute atomic E-state index is 13.3. The molecule has 0 saturated carbocycles. The van der Waals surface area contributed by atoms with E-state index in [0.717, 1.165) is 30.3 Å². The number of benzene rings is 2. The summed E-state index contributed by atoms with van der Waals surface area (Å²) in [4.78, 5) is 21.2. The summed E-state index contributed by atoms with van der Waals surface area (Å²) in [5.74, 6) is 1.13. The molecule has 29 heavy (non-hydrogen) atoms. The quantitative estimate of drug-likeness (QED) is 0.533. The second-order valence-corrected chi connectivity index (χ2v) is 9.95. The molecule has 1 fully saturated rings. The molecule has 2 aromatic carbocycles. The van der Waals surface area contributed by atoms with E-state index in [-0.39, 0.29) is 5.91 Å². The lowest BCUT2D eigenvalue weighted by Crippen LogP contribution is -2.53. The van der Waals surface area contributed by atoms with E-state index >= 15 is 0 Å². The number of nitrogens with zero attached hydrogens (tertiary/aromatic N) is 2. The van der Waals surface area contributed by atoms with Crippen LogP contribution in [0.1, 0.15) is 27.7 Å². The molecule has 3 aromatic rings. The molecular weight excluding hydrogens is 396 g/mol. The minimum Gasteiger partial charge on any atom is -0.365 e. The van der Waals surface area contributed by atoms with Gasteiger partial charge in [-0.25, -0.2) is 0 Å². The van der Waals surface area contributed by atoms with Crippen LogP contribution in [0.5, 0.6) is 0 Å². The predicted octanol–water partition coefficient (Wildman–Crippen LogP) is 5.68. The fourth-order valence-electron chi connectivity index (χ4n) is 4.22. The first-order valence-electron chi connectivity index (χ1n) is 10.1. The van der Waals surface area contributed by atoms with Crippen molar-refractivity contribution in [3.8, 4) is 10.4 Å². The van der Waals surface area contributed by atoms with Crippen LogP contribution in [0.15, 0.2) is 59.5 Å². The maximum atomic E-state index is 13.3. The minimum atomic E-state index is 0.183. The second-order valence-electron chi connectivity index (χ2n) is 7.88. The predicted molar refractivity (Wildman–Crippen MR) is 123 cm³/mol. The van der Waals surface area contributed by atoms with Crippen molar-refractivity contribution in [3.63, 3.8) is 0 Å². The zero-order chi connectivity index (χ0) is 20.0. The molecule has 1 amide bonds. The molecule has 0 radical (unpaired) electrons. The van der Waals surface area contributed by atoms with Crippen molar-refractivity contribution in [1.82, 2.24) is 4.90 Å². The average Bonchev–Trinajstić information content (AvgIpc) is 3.19. The molecule has 3 heterocycles. The highest BCUT2D eigenvalue weighted by Gasteiger charge is 2.29. The van der Waals surface area contributed by atoms with Crippen molar-refractivity contribution in [1.29, 1.82) is 0 Å². The van der Waals surface area contributed by atoms with Crippen molar-refractivity contribution in [2.75, 3.05) is 24.5 Å². The van der Waals surface area contributed by atoms with Gasteiger partial charge in [0, 0.05) is 52.5 Å². The molecule has 2 aliphatic rings. The number of anilines is 1. The summed E-state index contributed by atoms with van der Waals surface area (Å²) < 4.78 is 0. The average molecular weight is 421 g/mol. The molecule has 0 bridgehead atoms. The molecule has 1 aromatic heterocycles. The highest BCUT2D eigenvalue weighted by atomic mass is 32.2. The normalized spacial score (nSPS) is 18.3. The molecule has 0 spiro atoms. The number of thiophene rings is 1. The van der Waals surface area contributed by atoms with Gasteiger partial charge in [0.15, 0.2) is 0 Å². The van der Waals surface area contributed by atoms with Crippen LogP contribution in [0.3, 0.4) is 0 Å². The van der Waals surface area contributed by atoms with Crippen LogP contribution < -0.4 is 4.90 Å². The van der Waals surface area contributed by atoms with Crippen LogP contribution in [-0.2, 0) is 5.75 Å². The molecule has 5 heteroatoms. The number of amides is 1. The smallest absolute Gasteiger partial charge is 0.264 e. The van der Waals surface area contributed by atoms with Crippen molar-refractivity contribution in [2.24, 2.45) is 0 Å². The first kappa shape index (κ1) is 18.8. The number of hydrogen-bond donors (Lipinski definition) is 0. The van der Waals surface area contributed by atoms with E-state index in [9.17, 15) is 4.79 Å². The third kappa shape index (κ3) is 3.47. The number of fused-ring (bicyclic) bond motifs is 3. The summed E-state index contributed by atoms with van der Waals surface area (Å²) in [6.07, 6.45) is 0. The number of carbonyl (C=O) groups is 1. The SMILES string of the molecule is Cc1ccc(N2CCN(C(=O)c3cc4c(s3)-c3ccccc3SC4)C[C@@H]2C)cc1. The van der Waals surface area contributed by atoms with Gasteiger partial charge in [-0.3, -0.25) is 4.79 Å². The van der Waals surface area contributed by atoms with E-state index in [0.29, 0.717) is 6.04 Å². The van der Waals surface area contributed by atoms with Gasteiger partial charge in [-0.15, -0.1) is 23.1 Å². The zero-order valence-corrected chi connectivity index (χ0v) is 18.4.